The molecule has 1 amide bonds. The van der Waals surface area contributed by atoms with Gasteiger partial charge in [0.15, 0.2) is 0 Å². The first-order valence-corrected chi connectivity index (χ1v) is 12.0. The van der Waals surface area contributed by atoms with Crippen molar-refractivity contribution in [3.8, 4) is 10.6 Å². The van der Waals surface area contributed by atoms with Crippen LogP contribution in [0.15, 0.2) is 59.6 Å². The van der Waals surface area contributed by atoms with Gasteiger partial charge >= 0.3 is 6.18 Å². The van der Waals surface area contributed by atoms with Crippen LogP contribution in [0.1, 0.15) is 15.2 Å². The lowest BCUT2D eigenvalue weighted by Crippen LogP contribution is -2.50. The predicted octanol–water partition coefficient (Wildman–Crippen LogP) is 4.11. The fraction of sp³-hybridized carbons (Fsp3) is 0.238. The number of sulfonamides is 1. The van der Waals surface area contributed by atoms with E-state index in [0.29, 0.717) is 11.1 Å². The molecule has 0 saturated carbocycles. The molecule has 1 saturated heterocycles. The van der Waals surface area contributed by atoms with Crippen molar-refractivity contribution in [1.29, 1.82) is 0 Å². The zero-order valence-electron chi connectivity index (χ0n) is 16.9. The highest BCUT2D eigenvalue weighted by Crippen LogP contribution is 2.32. The SMILES string of the molecule is O=C(c1cnc(-c2ccccc2F)s1)N1CCN(S(=O)(=O)c2cccc(C(F)(F)F)c2)CC1. The number of carbonyl (C=O) groups excluding carboxylic acids is 1. The van der Waals surface area contributed by atoms with E-state index in [-0.39, 0.29) is 42.5 Å². The van der Waals surface area contributed by atoms with E-state index < -0.39 is 32.5 Å². The van der Waals surface area contributed by atoms with Crippen molar-refractivity contribution in [2.45, 2.75) is 11.1 Å². The number of rotatable bonds is 4. The smallest absolute Gasteiger partial charge is 0.335 e. The molecule has 1 aliphatic heterocycles. The molecule has 3 aromatic rings. The Balaban J connectivity index is 1.45. The van der Waals surface area contributed by atoms with Crippen molar-refractivity contribution >= 4 is 27.3 Å². The molecular weight excluding hydrogens is 482 g/mol. The molecule has 4 rings (SSSR count). The zero-order chi connectivity index (χ0) is 23.8. The topological polar surface area (TPSA) is 70.6 Å². The second-order valence-electron chi connectivity index (χ2n) is 7.23. The number of thiazole rings is 1. The molecule has 0 unspecified atom stereocenters. The number of carbonyl (C=O) groups is 1. The van der Waals surface area contributed by atoms with Crippen molar-refractivity contribution in [3.05, 3.63) is 71.0 Å². The summed E-state index contributed by atoms with van der Waals surface area (Å²) in [6.45, 7) is -0.0134. The maximum Gasteiger partial charge on any atom is 0.416 e. The summed E-state index contributed by atoms with van der Waals surface area (Å²) in [4.78, 5) is 18.2. The van der Waals surface area contributed by atoms with Crippen LogP contribution in [-0.4, -0.2) is 54.7 Å². The molecule has 0 N–H and O–H groups in total. The highest BCUT2D eigenvalue weighted by Gasteiger charge is 2.34. The molecule has 12 heteroatoms. The summed E-state index contributed by atoms with van der Waals surface area (Å²) in [5, 5.41) is 0.349. The van der Waals surface area contributed by atoms with E-state index in [1.54, 1.807) is 18.2 Å². The maximum atomic E-state index is 14.0. The van der Waals surface area contributed by atoms with Gasteiger partial charge in [0.1, 0.15) is 15.7 Å². The molecular formula is C21H17F4N3O3S2. The summed E-state index contributed by atoms with van der Waals surface area (Å²) in [6.07, 6.45) is -3.31. The zero-order valence-corrected chi connectivity index (χ0v) is 18.6. The molecule has 2 aromatic carbocycles. The third kappa shape index (κ3) is 4.77. The lowest BCUT2D eigenvalue weighted by atomic mass is 10.2. The molecule has 1 fully saturated rings. The van der Waals surface area contributed by atoms with E-state index in [9.17, 15) is 30.8 Å². The fourth-order valence-electron chi connectivity index (χ4n) is 3.40. The van der Waals surface area contributed by atoms with Gasteiger partial charge in [-0.25, -0.2) is 17.8 Å². The monoisotopic (exact) mass is 499 g/mol. The Hall–Kier alpha value is -2.83. The number of nitrogens with zero attached hydrogens (tertiary/aromatic N) is 3. The second kappa shape index (κ2) is 8.84. The second-order valence-corrected chi connectivity index (χ2v) is 10.2. The van der Waals surface area contributed by atoms with Crippen LogP contribution in [0, 0.1) is 5.82 Å². The predicted molar refractivity (Wildman–Crippen MR) is 114 cm³/mol. The van der Waals surface area contributed by atoms with Gasteiger partial charge in [-0.15, -0.1) is 11.3 Å². The third-order valence-corrected chi connectivity index (χ3v) is 8.06. The number of alkyl halides is 3. The first-order chi connectivity index (χ1) is 15.6. The van der Waals surface area contributed by atoms with E-state index >= 15 is 0 Å². The molecule has 33 heavy (non-hydrogen) atoms. The summed E-state index contributed by atoms with van der Waals surface area (Å²) in [7, 11) is -4.15. The number of piperazine rings is 1. The summed E-state index contributed by atoms with van der Waals surface area (Å²) < 4.78 is 79.5. The number of amides is 1. The molecule has 1 aromatic heterocycles. The highest BCUT2D eigenvalue weighted by atomic mass is 32.2. The van der Waals surface area contributed by atoms with Crippen molar-refractivity contribution < 1.29 is 30.8 Å². The standard InChI is InChI=1S/C21H17F4N3O3S2/c22-17-7-2-1-6-16(17)19-26-13-18(32-19)20(29)27-8-10-28(11-9-27)33(30,31)15-5-3-4-14(12-15)21(23,24)25/h1-7,12-13H,8-11H2. The summed E-state index contributed by atoms with van der Waals surface area (Å²) in [6, 6.07) is 9.63. The largest absolute Gasteiger partial charge is 0.416 e. The van der Waals surface area contributed by atoms with Gasteiger partial charge in [-0.05, 0) is 30.3 Å². The Labute approximate surface area is 191 Å². The molecule has 0 aliphatic carbocycles. The Kier molecular flexibility index (Phi) is 6.25. The minimum absolute atomic E-state index is 0.0595. The van der Waals surface area contributed by atoms with Crippen LogP contribution >= 0.6 is 11.3 Å². The van der Waals surface area contributed by atoms with Crippen LogP contribution in [0.2, 0.25) is 0 Å². The van der Waals surface area contributed by atoms with Crippen LogP contribution in [0.5, 0.6) is 0 Å². The first-order valence-electron chi connectivity index (χ1n) is 9.75. The lowest BCUT2D eigenvalue weighted by molar-refractivity contribution is -0.137. The Morgan fingerprint density at radius 3 is 2.36 bits per heavy atom. The average molecular weight is 500 g/mol. The lowest BCUT2D eigenvalue weighted by Gasteiger charge is -2.33. The quantitative estimate of drug-likeness (QED) is 0.507. The number of halogens is 4. The van der Waals surface area contributed by atoms with E-state index in [2.05, 4.69) is 4.98 Å². The first kappa shape index (κ1) is 23.3. The summed E-state index contributed by atoms with van der Waals surface area (Å²) >= 11 is 1.03. The van der Waals surface area contributed by atoms with E-state index in [1.165, 1.54) is 17.2 Å². The fourth-order valence-corrected chi connectivity index (χ4v) is 5.78. The van der Waals surface area contributed by atoms with Gasteiger partial charge in [-0.2, -0.15) is 17.5 Å². The van der Waals surface area contributed by atoms with Crippen molar-refractivity contribution in [3.63, 3.8) is 0 Å². The van der Waals surface area contributed by atoms with E-state index in [4.69, 9.17) is 0 Å². The van der Waals surface area contributed by atoms with Gasteiger partial charge in [0, 0.05) is 31.7 Å². The van der Waals surface area contributed by atoms with E-state index in [0.717, 1.165) is 33.8 Å². The van der Waals surface area contributed by atoms with Gasteiger partial charge in [0.05, 0.1) is 16.7 Å². The Bertz CT molecular complexity index is 1280. The molecule has 0 radical (unpaired) electrons. The van der Waals surface area contributed by atoms with Gasteiger partial charge in [-0.1, -0.05) is 18.2 Å². The van der Waals surface area contributed by atoms with Crippen LogP contribution in [0.4, 0.5) is 17.6 Å². The molecule has 1 aliphatic rings. The molecule has 2 heterocycles. The van der Waals surface area contributed by atoms with E-state index in [1.807, 2.05) is 0 Å². The minimum Gasteiger partial charge on any atom is -0.335 e. The van der Waals surface area contributed by atoms with Gasteiger partial charge in [0.2, 0.25) is 10.0 Å². The number of hydrogen-bond acceptors (Lipinski definition) is 5. The van der Waals surface area contributed by atoms with Crippen molar-refractivity contribution in [2.24, 2.45) is 0 Å². The molecule has 0 bridgehead atoms. The number of benzene rings is 2. The van der Waals surface area contributed by atoms with Gasteiger partial charge in [0.25, 0.3) is 5.91 Å². The Morgan fingerprint density at radius 2 is 1.70 bits per heavy atom. The number of hydrogen-bond donors (Lipinski definition) is 0. The molecule has 0 spiro atoms. The number of aromatic nitrogens is 1. The van der Waals surface area contributed by atoms with Crippen LogP contribution in [-0.2, 0) is 16.2 Å². The summed E-state index contributed by atoms with van der Waals surface area (Å²) in [5.41, 5.74) is -0.771. The van der Waals surface area contributed by atoms with Gasteiger partial charge in [-0.3, -0.25) is 4.79 Å². The average Bonchev–Trinajstić information content (AvgIpc) is 3.28. The van der Waals surface area contributed by atoms with Crippen LogP contribution in [0.25, 0.3) is 10.6 Å². The van der Waals surface area contributed by atoms with Crippen molar-refractivity contribution in [1.82, 2.24) is 14.2 Å². The van der Waals surface area contributed by atoms with Crippen LogP contribution in [0.3, 0.4) is 0 Å². The molecule has 174 valence electrons. The van der Waals surface area contributed by atoms with Crippen molar-refractivity contribution in [2.75, 3.05) is 26.2 Å². The van der Waals surface area contributed by atoms with Gasteiger partial charge < -0.3 is 4.90 Å². The minimum atomic E-state index is -4.66. The highest BCUT2D eigenvalue weighted by molar-refractivity contribution is 7.89. The molecule has 6 nitrogen and oxygen atoms in total. The maximum absolute atomic E-state index is 14.0. The third-order valence-electron chi connectivity index (χ3n) is 5.15. The van der Waals surface area contributed by atoms with Crippen LogP contribution < -0.4 is 0 Å². The summed E-state index contributed by atoms with van der Waals surface area (Å²) in [5.74, 6) is -0.828. The normalized spacial score (nSPS) is 15.6. The molecule has 0 atom stereocenters. The Morgan fingerprint density at radius 1 is 1.00 bits per heavy atom.